The van der Waals surface area contributed by atoms with E-state index in [9.17, 15) is 4.79 Å². The third-order valence-electron chi connectivity index (χ3n) is 1.76. The van der Waals surface area contributed by atoms with Crippen molar-refractivity contribution in [3.8, 4) is 0 Å². The van der Waals surface area contributed by atoms with Gasteiger partial charge in [-0.25, -0.2) is 0 Å². The fraction of sp³-hybridized carbons (Fsp3) is 0.300. The second-order valence-electron chi connectivity index (χ2n) is 2.78. The van der Waals surface area contributed by atoms with Crippen LogP contribution in [0.5, 0.6) is 0 Å². The first-order chi connectivity index (χ1) is 6.24. The average molecular weight is 178 g/mol. The number of rotatable bonds is 3. The molecule has 0 unspecified atom stereocenters. The Kier molecular flexibility index (Phi) is 3.31. The van der Waals surface area contributed by atoms with Crippen molar-refractivity contribution in [3.63, 3.8) is 0 Å². The first-order valence-electron chi connectivity index (χ1n) is 4.32. The maximum Gasteiger partial charge on any atom is 0.238 e. The van der Waals surface area contributed by atoms with Crippen LogP contribution in [0, 0.1) is 0 Å². The van der Waals surface area contributed by atoms with Gasteiger partial charge in [-0.3, -0.25) is 15.2 Å². The highest BCUT2D eigenvalue weighted by molar-refractivity contribution is 5.77. The molecule has 0 radical (unpaired) electrons. The molecule has 0 aromatic heterocycles. The Morgan fingerprint density at radius 3 is 2.54 bits per heavy atom. The van der Waals surface area contributed by atoms with Crippen LogP contribution in [0.25, 0.3) is 0 Å². The molecule has 1 N–H and O–H groups in total. The SMILES string of the molecule is CCC(=O)NN(C)c1ccccc1. The zero-order valence-corrected chi connectivity index (χ0v) is 7.95. The van der Waals surface area contributed by atoms with Gasteiger partial charge < -0.3 is 0 Å². The van der Waals surface area contributed by atoms with Crippen molar-refractivity contribution in [2.75, 3.05) is 12.1 Å². The number of hydrogen-bond acceptors (Lipinski definition) is 2. The van der Waals surface area contributed by atoms with E-state index in [1.807, 2.05) is 44.3 Å². The van der Waals surface area contributed by atoms with Gasteiger partial charge >= 0.3 is 0 Å². The van der Waals surface area contributed by atoms with Gasteiger partial charge in [-0.1, -0.05) is 25.1 Å². The van der Waals surface area contributed by atoms with E-state index in [1.54, 1.807) is 5.01 Å². The molecule has 0 heterocycles. The second kappa shape index (κ2) is 4.50. The minimum absolute atomic E-state index is 0.0198. The van der Waals surface area contributed by atoms with Crippen LogP contribution in [0.1, 0.15) is 13.3 Å². The van der Waals surface area contributed by atoms with Gasteiger partial charge in [0.05, 0.1) is 5.69 Å². The highest BCUT2D eigenvalue weighted by Crippen LogP contribution is 2.08. The normalized spacial score (nSPS) is 9.38. The molecule has 1 aromatic rings. The Bertz CT molecular complexity index is 272. The largest absolute Gasteiger partial charge is 0.289 e. The Labute approximate surface area is 78.3 Å². The lowest BCUT2D eigenvalue weighted by molar-refractivity contribution is -0.120. The van der Waals surface area contributed by atoms with Crippen molar-refractivity contribution in [1.29, 1.82) is 0 Å². The highest BCUT2D eigenvalue weighted by atomic mass is 16.2. The molecule has 0 bridgehead atoms. The van der Waals surface area contributed by atoms with Gasteiger partial charge in [0.15, 0.2) is 0 Å². The van der Waals surface area contributed by atoms with Gasteiger partial charge in [0.1, 0.15) is 0 Å². The van der Waals surface area contributed by atoms with Crippen LogP contribution in [0.15, 0.2) is 30.3 Å². The zero-order chi connectivity index (χ0) is 9.68. The minimum Gasteiger partial charge on any atom is -0.289 e. The number of carbonyl (C=O) groups excluding carboxylic acids is 1. The van der Waals surface area contributed by atoms with Gasteiger partial charge in [-0.2, -0.15) is 0 Å². The summed E-state index contributed by atoms with van der Waals surface area (Å²) >= 11 is 0. The summed E-state index contributed by atoms with van der Waals surface area (Å²) in [4.78, 5) is 11.0. The highest BCUT2D eigenvalue weighted by Gasteiger charge is 2.01. The molecule has 1 aromatic carbocycles. The number of benzene rings is 1. The van der Waals surface area contributed by atoms with E-state index in [1.165, 1.54) is 0 Å². The monoisotopic (exact) mass is 178 g/mol. The summed E-state index contributed by atoms with van der Waals surface area (Å²) in [6.07, 6.45) is 0.497. The topological polar surface area (TPSA) is 32.3 Å². The maximum absolute atomic E-state index is 11.0. The fourth-order valence-electron chi connectivity index (χ4n) is 0.982. The number of para-hydroxylation sites is 1. The molecule has 0 spiro atoms. The van der Waals surface area contributed by atoms with Gasteiger partial charge in [0, 0.05) is 13.5 Å². The lowest BCUT2D eigenvalue weighted by Gasteiger charge is -2.19. The zero-order valence-electron chi connectivity index (χ0n) is 7.95. The Hall–Kier alpha value is -1.51. The Morgan fingerprint density at radius 1 is 1.38 bits per heavy atom. The quantitative estimate of drug-likeness (QED) is 0.712. The van der Waals surface area contributed by atoms with E-state index in [-0.39, 0.29) is 5.91 Å². The third kappa shape index (κ3) is 2.78. The fourth-order valence-corrected chi connectivity index (χ4v) is 0.982. The molecule has 13 heavy (non-hydrogen) atoms. The predicted octanol–water partition coefficient (Wildman–Crippen LogP) is 1.56. The van der Waals surface area contributed by atoms with Crippen molar-refractivity contribution in [2.45, 2.75) is 13.3 Å². The van der Waals surface area contributed by atoms with Gasteiger partial charge in [-0.05, 0) is 12.1 Å². The van der Waals surface area contributed by atoms with Crippen LogP contribution in [0.3, 0.4) is 0 Å². The average Bonchev–Trinajstić information content (AvgIpc) is 2.19. The van der Waals surface area contributed by atoms with Crippen molar-refractivity contribution in [1.82, 2.24) is 5.43 Å². The number of nitrogens with one attached hydrogen (secondary N) is 1. The van der Waals surface area contributed by atoms with E-state index in [0.717, 1.165) is 5.69 Å². The molecule has 0 saturated heterocycles. The lowest BCUT2D eigenvalue weighted by Crippen LogP contribution is -2.38. The van der Waals surface area contributed by atoms with Crippen LogP contribution in [0.2, 0.25) is 0 Å². The summed E-state index contributed by atoms with van der Waals surface area (Å²) in [5, 5.41) is 1.71. The smallest absolute Gasteiger partial charge is 0.238 e. The standard InChI is InChI=1S/C10H14N2O/c1-3-10(13)11-12(2)9-7-5-4-6-8-9/h4-8H,3H2,1-2H3,(H,11,13). The molecule has 0 saturated carbocycles. The first-order valence-corrected chi connectivity index (χ1v) is 4.32. The molecule has 0 fully saturated rings. The van der Waals surface area contributed by atoms with Crippen LogP contribution < -0.4 is 10.4 Å². The van der Waals surface area contributed by atoms with E-state index in [4.69, 9.17) is 0 Å². The Morgan fingerprint density at radius 2 is 2.00 bits per heavy atom. The van der Waals surface area contributed by atoms with Crippen molar-refractivity contribution in [2.24, 2.45) is 0 Å². The van der Waals surface area contributed by atoms with E-state index in [0.29, 0.717) is 6.42 Å². The maximum atomic E-state index is 11.0. The molecule has 1 amide bonds. The molecule has 0 atom stereocenters. The van der Waals surface area contributed by atoms with Crippen LogP contribution in [0.4, 0.5) is 5.69 Å². The van der Waals surface area contributed by atoms with Gasteiger partial charge in [0.2, 0.25) is 5.91 Å². The summed E-state index contributed by atoms with van der Waals surface area (Å²) < 4.78 is 0. The molecule has 1 rings (SSSR count). The van der Waals surface area contributed by atoms with Crippen molar-refractivity contribution >= 4 is 11.6 Å². The summed E-state index contributed by atoms with van der Waals surface area (Å²) in [6, 6.07) is 9.69. The summed E-state index contributed by atoms with van der Waals surface area (Å²) in [6.45, 7) is 1.83. The summed E-state index contributed by atoms with van der Waals surface area (Å²) in [7, 11) is 1.82. The number of hydrogen-bond donors (Lipinski definition) is 1. The predicted molar refractivity (Wildman–Crippen MR) is 53.3 cm³/mol. The Balaban J connectivity index is 2.59. The van der Waals surface area contributed by atoms with Gasteiger partial charge in [-0.15, -0.1) is 0 Å². The summed E-state index contributed by atoms with van der Waals surface area (Å²) in [5.41, 5.74) is 3.72. The van der Waals surface area contributed by atoms with Gasteiger partial charge in [0.25, 0.3) is 0 Å². The minimum atomic E-state index is 0.0198. The van der Waals surface area contributed by atoms with E-state index >= 15 is 0 Å². The second-order valence-corrected chi connectivity index (χ2v) is 2.78. The van der Waals surface area contributed by atoms with E-state index in [2.05, 4.69) is 5.43 Å². The molecule has 70 valence electrons. The third-order valence-corrected chi connectivity index (χ3v) is 1.76. The van der Waals surface area contributed by atoms with Crippen LogP contribution in [-0.4, -0.2) is 13.0 Å². The molecule has 3 nitrogen and oxygen atoms in total. The number of amides is 1. The van der Waals surface area contributed by atoms with Crippen LogP contribution in [-0.2, 0) is 4.79 Å². The lowest BCUT2D eigenvalue weighted by atomic mass is 10.3. The molecule has 0 aliphatic carbocycles. The number of hydrazine groups is 1. The van der Waals surface area contributed by atoms with E-state index < -0.39 is 0 Å². The van der Waals surface area contributed by atoms with Crippen LogP contribution >= 0.6 is 0 Å². The molecule has 0 aliphatic heterocycles. The molecular formula is C10H14N2O. The number of anilines is 1. The van der Waals surface area contributed by atoms with Crippen molar-refractivity contribution in [3.05, 3.63) is 30.3 Å². The summed E-state index contributed by atoms with van der Waals surface area (Å²) in [5.74, 6) is 0.0198. The number of carbonyl (C=O) groups is 1. The van der Waals surface area contributed by atoms with Crippen molar-refractivity contribution < 1.29 is 4.79 Å². The first kappa shape index (κ1) is 9.58. The number of nitrogens with zero attached hydrogens (tertiary/aromatic N) is 1. The molecular weight excluding hydrogens is 164 g/mol. The molecule has 3 heteroatoms. The molecule has 0 aliphatic rings.